The summed E-state index contributed by atoms with van der Waals surface area (Å²) in [5, 5.41) is 10.9. The van der Waals surface area contributed by atoms with Crippen molar-refractivity contribution in [2.45, 2.75) is 109 Å². The lowest BCUT2D eigenvalue weighted by atomic mass is 10.1. The van der Waals surface area contributed by atoms with Gasteiger partial charge in [0.1, 0.15) is 6.54 Å². The number of aliphatic carboxylic acids is 1. The fraction of sp³-hybridized carbons (Fsp3) is 0.840. The molecule has 0 aliphatic carbocycles. The van der Waals surface area contributed by atoms with Gasteiger partial charge < -0.3 is 19.1 Å². The van der Waals surface area contributed by atoms with Gasteiger partial charge in [0.05, 0.1) is 21.1 Å². The van der Waals surface area contributed by atoms with E-state index in [-0.39, 0.29) is 12.4 Å². The number of unbranched alkanes of at least 4 members (excludes halogenated alkanes) is 11. The summed E-state index contributed by atoms with van der Waals surface area (Å²) in [5.74, 6) is -1.49. The Kier molecular flexibility index (Phi) is 17.6. The molecular formula is C25H47NO4. The van der Waals surface area contributed by atoms with Crippen molar-refractivity contribution in [1.82, 2.24) is 0 Å². The first-order valence-electron chi connectivity index (χ1n) is 12.1. The second-order valence-electron chi connectivity index (χ2n) is 9.50. The van der Waals surface area contributed by atoms with Gasteiger partial charge >= 0.3 is 5.97 Å². The maximum atomic E-state index is 12.0. The zero-order valence-electron chi connectivity index (χ0n) is 20.1. The van der Waals surface area contributed by atoms with Gasteiger partial charge in [-0.3, -0.25) is 4.79 Å². The molecule has 0 radical (unpaired) electrons. The number of hydrogen-bond donors (Lipinski definition) is 0. The van der Waals surface area contributed by atoms with Crippen molar-refractivity contribution in [3.8, 4) is 0 Å². The molecule has 5 heteroatoms. The quantitative estimate of drug-likeness (QED) is 0.122. The van der Waals surface area contributed by atoms with Crippen LogP contribution in [0.25, 0.3) is 0 Å². The zero-order valence-corrected chi connectivity index (χ0v) is 20.1. The summed E-state index contributed by atoms with van der Waals surface area (Å²) in [6.07, 6.45) is 20.0. The van der Waals surface area contributed by atoms with Crippen LogP contribution in [0.15, 0.2) is 12.2 Å². The molecule has 0 aromatic rings. The second kappa shape index (κ2) is 18.4. The average Bonchev–Trinajstić information content (AvgIpc) is 2.63. The van der Waals surface area contributed by atoms with Gasteiger partial charge in [0, 0.05) is 18.8 Å². The largest absolute Gasteiger partial charge is 0.550 e. The van der Waals surface area contributed by atoms with Crippen molar-refractivity contribution in [2.75, 3.05) is 27.7 Å². The minimum Gasteiger partial charge on any atom is -0.550 e. The van der Waals surface area contributed by atoms with Crippen LogP contribution in [0.1, 0.15) is 103 Å². The first-order valence-corrected chi connectivity index (χ1v) is 12.1. The number of likely N-dealkylation sites (N-methyl/N-ethyl adjacent to an activating group) is 1. The molecule has 0 spiro atoms. The van der Waals surface area contributed by atoms with Crippen molar-refractivity contribution in [3.63, 3.8) is 0 Å². The van der Waals surface area contributed by atoms with Gasteiger partial charge in [-0.1, -0.05) is 70.4 Å². The summed E-state index contributed by atoms with van der Waals surface area (Å²) in [5.41, 5.74) is 0. The molecule has 5 nitrogen and oxygen atoms in total. The van der Waals surface area contributed by atoms with E-state index in [1.54, 1.807) is 0 Å². The van der Waals surface area contributed by atoms with E-state index in [0.717, 1.165) is 25.7 Å². The van der Waals surface area contributed by atoms with Gasteiger partial charge in [0.2, 0.25) is 0 Å². The molecule has 0 N–H and O–H groups in total. The van der Waals surface area contributed by atoms with E-state index >= 15 is 0 Å². The number of nitrogens with zero attached hydrogens (tertiary/aromatic N) is 1. The van der Waals surface area contributed by atoms with Crippen LogP contribution in [-0.4, -0.2) is 50.2 Å². The third kappa shape index (κ3) is 21.4. The minimum atomic E-state index is -1.18. The Labute approximate surface area is 185 Å². The molecule has 0 aromatic heterocycles. The molecule has 1 unspecified atom stereocenters. The van der Waals surface area contributed by atoms with Crippen LogP contribution in [-0.2, 0) is 14.3 Å². The lowest BCUT2D eigenvalue weighted by Crippen LogP contribution is -2.45. The Morgan fingerprint density at radius 1 is 0.833 bits per heavy atom. The van der Waals surface area contributed by atoms with Crippen LogP contribution in [0.5, 0.6) is 0 Å². The standard InChI is InChI=1S/C25H47NO4/c1-5-6-7-8-9-10-11-12-13-14-15-16-17-18-19-20-25(29)30-23(21-24(27)28)22-26(2,3)4/h14-15,23H,5-13,16-22H2,1-4H3/b15-14+. The number of hydrogen-bond acceptors (Lipinski definition) is 4. The van der Waals surface area contributed by atoms with Crippen LogP contribution in [0, 0.1) is 0 Å². The lowest BCUT2D eigenvalue weighted by molar-refractivity contribution is -0.873. The molecule has 0 rings (SSSR count). The number of carboxylic acids is 1. The predicted octanol–water partition coefficient (Wildman–Crippen LogP) is 4.78. The third-order valence-corrected chi connectivity index (χ3v) is 5.09. The van der Waals surface area contributed by atoms with Crippen molar-refractivity contribution in [3.05, 3.63) is 12.2 Å². The summed E-state index contributed by atoms with van der Waals surface area (Å²) in [6.45, 7) is 2.72. The van der Waals surface area contributed by atoms with Crippen LogP contribution in [0.3, 0.4) is 0 Å². The van der Waals surface area contributed by atoms with E-state index in [4.69, 9.17) is 4.74 Å². The number of rotatable bonds is 20. The molecule has 0 saturated carbocycles. The molecule has 1 atom stereocenters. The summed E-state index contributed by atoms with van der Waals surface area (Å²) >= 11 is 0. The highest BCUT2D eigenvalue weighted by atomic mass is 16.5. The van der Waals surface area contributed by atoms with Crippen LogP contribution >= 0.6 is 0 Å². The van der Waals surface area contributed by atoms with Gasteiger partial charge in [-0.15, -0.1) is 0 Å². The Morgan fingerprint density at radius 2 is 1.33 bits per heavy atom. The van der Waals surface area contributed by atoms with Crippen LogP contribution < -0.4 is 5.11 Å². The van der Waals surface area contributed by atoms with Crippen molar-refractivity contribution >= 4 is 11.9 Å². The Morgan fingerprint density at radius 3 is 1.83 bits per heavy atom. The normalized spacial score (nSPS) is 12.9. The maximum absolute atomic E-state index is 12.0. The molecule has 176 valence electrons. The average molecular weight is 426 g/mol. The van der Waals surface area contributed by atoms with E-state index in [9.17, 15) is 14.7 Å². The second-order valence-corrected chi connectivity index (χ2v) is 9.50. The highest BCUT2D eigenvalue weighted by Crippen LogP contribution is 2.11. The van der Waals surface area contributed by atoms with Gasteiger partial charge in [0.25, 0.3) is 0 Å². The topological polar surface area (TPSA) is 66.4 Å². The lowest BCUT2D eigenvalue weighted by Gasteiger charge is -2.29. The van der Waals surface area contributed by atoms with Crippen molar-refractivity contribution < 1.29 is 23.9 Å². The highest BCUT2D eigenvalue weighted by Gasteiger charge is 2.22. The van der Waals surface area contributed by atoms with Gasteiger partial charge in [0.15, 0.2) is 6.10 Å². The van der Waals surface area contributed by atoms with Gasteiger partial charge in [-0.05, 0) is 32.1 Å². The van der Waals surface area contributed by atoms with Crippen molar-refractivity contribution in [2.24, 2.45) is 0 Å². The SMILES string of the molecule is CCCCCCCCCC/C=C/CCCCCC(=O)OC(CC(=O)[O-])C[N+](C)(C)C. The van der Waals surface area contributed by atoms with Gasteiger partial charge in [-0.25, -0.2) is 0 Å². The van der Waals surface area contributed by atoms with E-state index in [1.807, 2.05) is 21.1 Å². The fourth-order valence-electron chi connectivity index (χ4n) is 3.53. The van der Waals surface area contributed by atoms with Crippen molar-refractivity contribution in [1.29, 1.82) is 0 Å². The molecule has 0 amide bonds. The van der Waals surface area contributed by atoms with E-state index in [1.165, 1.54) is 57.8 Å². The number of carboxylic acid groups (broad SMARTS) is 1. The van der Waals surface area contributed by atoms with Gasteiger partial charge in [-0.2, -0.15) is 0 Å². The first kappa shape index (κ1) is 28.6. The number of esters is 1. The van der Waals surface area contributed by atoms with E-state index < -0.39 is 12.1 Å². The highest BCUT2D eigenvalue weighted by molar-refractivity contribution is 5.70. The molecule has 0 fully saturated rings. The smallest absolute Gasteiger partial charge is 0.306 e. The fourth-order valence-corrected chi connectivity index (χ4v) is 3.53. The summed E-state index contributed by atoms with van der Waals surface area (Å²) in [7, 11) is 5.83. The molecular weight excluding hydrogens is 378 g/mol. The number of ether oxygens (including phenoxy) is 1. The molecule has 0 bridgehead atoms. The molecule has 30 heavy (non-hydrogen) atoms. The number of carbonyl (C=O) groups is 2. The Balaban J connectivity index is 3.66. The Hall–Kier alpha value is -1.36. The first-order chi connectivity index (χ1) is 14.2. The molecule has 0 aliphatic rings. The summed E-state index contributed by atoms with van der Waals surface area (Å²) < 4.78 is 5.91. The number of allylic oxidation sites excluding steroid dienone is 2. The van der Waals surface area contributed by atoms with Crippen LogP contribution in [0.4, 0.5) is 0 Å². The molecule has 0 aromatic carbocycles. The monoisotopic (exact) mass is 425 g/mol. The van der Waals surface area contributed by atoms with E-state index in [0.29, 0.717) is 17.4 Å². The molecule has 0 heterocycles. The van der Waals surface area contributed by atoms with E-state index in [2.05, 4.69) is 19.1 Å². The zero-order chi connectivity index (χ0) is 22.7. The predicted molar refractivity (Wildman–Crippen MR) is 122 cm³/mol. The summed E-state index contributed by atoms with van der Waals surface area (Å²) in [4.78, 5) is 22.9. The third-order valence-electron chi connectivity index (χ3n) is 5.09. The minimum absolute atomic E-state index is 0.245. The van der Waals surface area contributed by atoms with Crippen LogP contribution in [0.2, 0.25) is 0 Å². The molecule has 0 aliphatic heterocycles. The Bertz CT molecular complexity index is 468. The number of quaternary nitrogens is 1. The summed E-state index contributed by atoms with van der Waals surface area (Å²) in [6, 6.07) is 0. The maximum Gasteiger partial charge on any atom is 0.306 e. The molecule has 0 saturated heterocycles. The number of carbonyl (C=O) groups excluding carboxylic acids is 2.